The standard InChI is InChI=1S/C25H27Cl2N7O2/c26-15-9-10-18(19(27)13-15)23-22(24(35)29-11-12-33-31-14-30-32-33)16-5-1-2-6-17(16)25(36)34(23)21-8-4-3-7-20(21)28/h1-2,5-6,9-10,13-14,20-23H,3-4,7-8,11-12,28H2,(H,29,35)/t20-,21-,22+,23-/m0/s1. The van der Waals surface area contributed by atoms with Crippen molar-refractivity contribution in [2.75, 3.05) is 6.54 Å². The number of carbonyl (C=O) groups excluding carboxylic acids is 2. The first kappa shape index (κ1) is 24.7. The Kier molecular flexibility index (Phi) is 7.22. The number of hydrogen-bond acceptors (Lipinski definition) is 6. The summed E-state index contributed by atoms with van der Waals surface area (Å²) in [5, 5.41) is 15.4. The summed E-state index contributed by atoms with van der Waals surface area (Å²) in [5.41, 5.74) is 8.42. The van der Waals surface area contributed by atoms with Crippen LogP contribution in [0.5, 0.6) is 0 Å². The van der Waals surface area contributed by atoms with E-state index in [0.717, 1.165) is 25.7 Å². The molecule has 11 heteroatoms. The lowest BCUT2D eigenvalue weighted by molar-refractivity contribution is -0.124. The molecule has 1 fully saturated rings. The van der Waals surface area contributed by atoms with Gasteiger partial charge in [-0.05, 0) is 47.4 Å². The van der Waals surface area contributed by atoms with E-state index in [1.807, 2.05) is 23.1 Å². The van der Waals surface area contributed by atoms with E-state index < -0.39 is 12.0 Å². The molecular weight excluding hydrogens is 501 g/mol. The smallest absolute Gasteiger partial charge is 0.255 e. The number of nitrogens with one attached hydrogen (secondary N) is 1. The van der Waals surface area contributed by atoms with Crippen molar-refractivity contribution in [2.45, 2.75) is 56.3 Å². The summed E-state index contributed by atoms with van der Waals surface area (Å²) in [7, 11) is 0. The molecule has 4 atom stereocenters. The molecule has 1 aliphatic heterocycles. The van der Waals surface area contributed by atoms with Gasteiger partial charge in [0.2, 0.25) is 5.91 Å². The van der Waals surface area contributed by atoms with Gasteiger partial charge in [0, 0.05) is 34.2 Å². The highest BCUT2D eigenvalue weighted by Crippen LogP contribution is 2.47. The van der Waals surface area contributed by atoms with Crippen LogP contribution in [-0.4, -0.2) is 55.5 Å². The Bertz CT molecular complexity index is 1250. The third kappa shape index (κ3) is 4.70. The van der Waals surface area contributed by atoms with E-state index in [2.05, 4.69) is 20.7 Å². The fraction of sp³-hybridized carbons (Fsp3) is 0.400. The zero-order chi connectivity index (χ0) is 25.2. The van der Waals surface area contributed by atoms with Crippen LogP contribution in [0, 0.1) is 0 Å². The second kappa shape index (κ2) is 10.5. The van der Waals surface area contributed by atoms with Crippen LogP contribution in [-0.2, 0) is 11.3 Å². The van der Waals surface area contributed by atoms with Crippen LogP contribution in [0.2, 0.25) is 10.0 Å². The Morgan fingerprint density at radius 2 is 1.92 bits per heavy atom. The van der Waals surface area contributed by atoms with Gasteiger partial charge in [0.1, 0.15) is 0 Å². The molecule has 2 amide bonds. The molecule has 2 heterocycles. The molecule has 1 aliphatic carbocycles. The molecule has 3 aromatic rings. The first-order chi connectivity index (χ1) is 17.5. The minimum Gasteiger partial charge on any atom is -0.354 e. The molecule has 0 bridgehead atoms. The topological polar surface area (TPSA) is 119 Å². The highest BCUT2D eigenvalue weighted by Gasteiger charge is 2.48. The van der Waals surface area contributed by atoms with E-state index in [1.54, 1.807) is 24.3 Å². The predicted molar refractivity (Wildman–Crippen MR) is 136 cm³/mol. The first-order valence-corrected chi connectivity index (χ1v) is 12.8. The number of benzene rings is 2. The minimum atomic E-state index is -0.699. The van der Waals surface area contributed by atoms with E-state index >= 15 is 0 Å². The van der Waals surface area contributed by atoms with Crippen LogP contribution in [0.1, 0.15) is 59.1 Å². The Hall–Kier alpha value is -3.01. The number of rotatable bonds is 6. The summed E-state index contributed by atoms with van der Waals surface area (Å²) < 4.78 is 0. The monoisotopic (exact) mass is 527 g/mol. The fourth-order valence-electron chi connectivity index (χ4n) is 5.44. The Morgan fingerprint density at radius 3 is 2.67 bits per heavy atom. The maximum absolute atomic E-state index is 14.0. The van der Waals surface area contributed by atoms with Crippen molar-refractivity contribution in [3.63, 3.8) is 0 Å². The van der Waals surface area contributed by atoms with Gasteiger partial charge >= 0.3 is 0 Å². The summed E-state index contributed by atoms with van der Waals surface area (Å²) in [6, 6.07) is 11.4. The SMILES string of the molecule is N[C@H]1CCCC[C@@H]1N1C(=O)c2ccccc2[C@@H](C(=O)NCCn2ncnn2)[C@@H]1c1ccc(Cl)cc1Cl. The van der Waals surface area contributed by atoms with Gasteiger partial charge in [-0.15, -0.1) is 10.2 Å². The number of aromatic nitrogens is 4. The number of tetrazole rings is 1. The number of hydrogen-bond donors (Lipinski definition) is 2. The van der Waals surface area contributed by atoms with E-state index in [9.17, 15) is 9.59 Å². The van der Waals surface area contributed by atoms with Crippen LogP contribution in [0.3, 0.4) is 0 Å². The third-order valence-corrected chi connectivity index (χ3v) is 7.64. The molecule has 5 rings (SSSR count). The zero-order valence-electron chi connectivity index (χ0n) is 19.6. The van der Waals surface area contributed by atoms with Crippen LogP contribution in [0.15, 0.2) is 48.8 Å². The molecule has 0 saturated heterocycles. The second-order valence-corrected chi connectivity index (χ2v) is 10.1. The zero-order valence-corrected chi connectivity index (χ0v) is 21.1. The number of carbonyl (C=O) groups is 2. The molecule has 1 saturated carbocycles. The lowest BCUT2D eigenvalue weighted by Gasteiger charge is -2.48. The van der Waals surface area contributed by atoms with Crippen LogP contribution >= 0.6 is 23.2 Å². The van der Waals surface area contributed by atoms with Gasteiger partial charge in [-0.2, -0.15) is 4.80 Å². The quantitative estimate of drug-likeness (QED) is 0.507. The average Bonchev–Trinajstić information content (AvgIpc) is 3.38. The van der Waals surface area contributed by atoms with Crippen LogP contribution in [0.4, 0.5) is 0 Å². The van der Waals surface area contributed by atoms with Gasteiger partial charge in [0.05, 0.1) is 18.5 Å². The number of nitrogens with zero attached hydrogens (tertiary/aromatic N) is 5. The van der Waals surface area contributed by atoms with E-state index in [4.69, 9.17) is 28.9 Å². The molecule has 36 heavy (non-hydrogen) atoms. The number of amides is 2. The van der Waals surface area contributed by atoms with Crippen molar-refractivity contribution >= 4 is 35.0 Å². The summed E-state index contributed by atoms with van der Waals surface area (Å²) >= 11 is 12.9. The molecular formula is C25H27Cl2N7O2. The third-order valence-electron chi connectivity index (χ3n) is 7.08. The molecule has 0 radical (unpaired) electrons. The van der Waals surface area contributed by atoms with E-state index in [-0.39, 0.29) is 23.9 Å². The molecule has 9 nitrogen and oxygen atoms in total. The lowest BCUT2D eigenvalue weighted by atomic mass is 9.76. The summed E-state index contributed by atoms with van der Waals surface area (Å²) in [6.45, 7) is 0.661. The molecule has 3 N–H and O–H groups in total. The average molecular weight is 528 g/mol. The molecule has 188 valence electrons. The Balaban J connectivity index is 1.59. The summed E-state index contributed by atoms with van der Waals surface area (Å²) in [4.78, 5) is 31.1. The number of halogens is 2. The summed E-state index contributed by atoms with van der Waals surface area (Å²) in [6.07, 6.45) is 4.91. The fourth-order valence-corrected chi connectivity index (χ4v) is 5.96. The van der Waals surface area contributed by atoms with Gasteiger partial charge in [-0.1, -0.05) is 60.3 Å². The van der Waals surface area contributed by atoms with Gasteiger partial charge < -0.3 is 16.0 Å². The van der Waals surface area contributed by atoms with Gasteiger partial charge in [-0.3, -0.25) is 9.59 Å². The summed E-state index contributed by atoms with van der Waals surface area (Å²) in [5.74, 6) is -1.06. The highest BCUT2D eigenvalue weighted by atomic mass is 35.5. The van der Waals surface area contributed by atoms with Gasteiger partial charge in [-0.25, -0.2) is 0 Å². The predicted octanol–water partition coefficient (Wildman–Crippen LogP) is 3.35. The molecule has 1 aromatic heterocycles. The minimum absolute atomic E-state index is 0.139. The van der Waals surface area contributed by atoms with Crippen LogP contribution < -0.4 is 11.1 Å². The molecule has 2 aliphatic rings. The second-order valence-electron chi connectivity index (χ2n) is 9.23. The number of fused-ring (bicyclic) bond motifs is 1. The largest absolute Gasteiger partial charge is 0.354 e. The maximum Gasteiger partial charge on any atom is 0.255 e. The number of nitrogens with two attached hydrogens (primary N) is 1. The van der Waals surface area contributed by atoms with Crippen molar-refractivity contribution in [2.24, 2.45) is 5.73 Å². The maximum atomic E-state index is 14.0. The lowest BCUT2D eigenvalue weighted by Crippen LogP contribution is -2.57. The van der Waals surface area contributed by atoms with Crippen molar-refractivity contribution in [1.82, 2.24) is 30.4 Å². The Morgan fingerprint density at radius 1 is 1.11 bits per heavy atom. The van der Waals surface area contributed by atoms with Gasteiger partial charge in [0.15, 0.2) is 6.33 Å². The van der Waals surface area contributed by atoms with Crippen molar-refractivity contribution < 1.29 is 9.59 Å². The normalized spacial score (nSPS) is 23.9. The first-order valence-electron chi connectivity index (χ1n) is 12.1. The highest BCUT2D eigenvalue weighted by molar-refractivity contribution is 6.35. The molecule has 2 aromatic carbocycles. The van der Waals surface area contributed by atoms with Crippen molar-refractivity contribution in [3.05, 3.63) is 75.5 Å². The molecule has 0 unspecified atom stereocenters. The van der Waals surface area contributed by atoms with Crippen molar-refractivity contribution in [3.8, 4) is 0 Å². The van der Waals surface area contributed by atoms with Crippen LogP contribution in [0.25, 0.3) is 0 Å². The van der Waals surface area contributed by atoms with Crippen molar-refractivity contribution in [1.29, 1.82) is 0 Å². The van der Waals surface area contributed by atoms with E-state index in [1.165, 1.54) is 11.1 Å². The van der Waals surface area contributed by atoms with Gasteiger partial charge in [0.25, 0.3) is 5.91 Å². The van der Waals surface area contributed by atoms with E-state index in [0.29, 0.717) is 39.8 Å². The Labute approximate surface area is 218 Å². The molecule has 0 spiro atoms.